The van der Waals surface area contributed by atoms with Gasteiger partial charge in [-0.05, 0) is 43.2 Å². The van der Waals surface area contributed by atoms with Crippen molar-refractivity contribution in [2.24, 2.45) is 4.99 Å². The van der Waals surface area contributed by atoms with Crippen molar-refractivity contribution in [2.75, 3.05) is 20.2 Å². The average Bonchev–Trinajstić information content (AvgIpc) is 3.16. The molecule has 30 heavy (non-hydrogen) atoms. The predicted molar refractivity (Wildman–Crippen MR) is 128 cm³/mol. The van der Waals surface area contributed by atoms with E-state index in [4.69, 9.17) is 4.74 Å². The summed E-state index contributed by atoms with van der Waals surface area (Å²) in [6, 6.07) is 14.9. The highest BCUT2D eigenvalue weighted by atomic mass is 127. The van der Waals surface area contributed by atoms with Crippen molar-refractivity contribution in [3.63, 3.8) is 0 Å². The second-order valence-corrected chi connectivity index (χ2v) is 6.50. The van der Waals surface area contributed by atoms with Crippen LogP contribution in [-0.4, -0.2) is 35.7 Å². The van der Waals surface area contributed by atoms with Crippen LogP contribution in [0.4, 0.5) is 4.39 Å². The van der Waals surface area contributed by atoms with E-state index >= 15 is 0 Å². The number of aryl methyl sites for hydroxylation is 1. The van der Waals surface area contributed by atoms with Gasteiger partial charge in [-0.2, -0.15) is 0 Å². The van der Waals surface area contributed by atoms with Crippen molar-refractivity contribution >= 4 is 29.9 Å². The van der Waals surface area contributed by atoms with Crippen molar-refractivity contribution in [3.05, 3.63) is 78.1 Å². The maximum absolute atomic E-state index is 14.5. The Hall–Kier alpha value is -2.62. The van der Waals surface area contributed by atoms with Crippen LogP contribution in [0.15, 0.2) is 65.9 Å². The number of guanidine groups is 1. The topological polar surface area (TPSA) is 63.5 Å². The number of ether oxygens (including phenoxy) is 1. The number of nitrogens with zero attached hydrogens (tertiary/aromatic N) is 3. The number of hydrogen-bond acceptors (Lipinski definition) is 3. The van der Waals surface area contributed by atoms with Gasteiger partial charge in [0.05, 0.1) is 12.3 Å². The molecule has 1 aromatic heterocycles. The van der Waals surface area contributed by atoms with Crippen molar-refractivity contribution in [2.45, 2.75) is 19.9 Å². The Morgan fingerprint density at radius 1 is 1.17 bits per heavy atom. The first-order valence-corrected chi connectivity index (χ1v) is 9.58. The molecule has 0 amide bonds. The standard InChI is InChI=1S/C22H26FN5O.HI/c1-17-25-12-13-28(17)21-10-9-18(15-20(21)23)16-27-22(24-2)26-11-6-14-29-19-7-4-3-5-8-19;/h3-5,7-10,12-13,15H,6,11,14,16H2,1-2H3,(H2,24,26,27);1H. The highest BCUT2D eigenvalue weighted by molar-refractivity contribution is 14.0. The maximum Gasteiger partial charge on any atom is 0.191 e. The Balaban J connectivity index is 0.00000320. The molecule has 2 aromatic carbocycles. The molecule has 3 rings (SSSR count). The van der Waals surface area contributed by atoms with Gasteiger partial charge in [0, 0.05) is 32.5 Å². The molecular formula is C22H27FIN5O. The molecule has 8 heteroatoms. The second kappa shape index (κ2) is 12.2. The zero-order valence-electron chi connectivity index (χ0n) is 17.1. The summed E-state index contributed by atoms with van der Waals surface area (Å²) in [5, 5.41) is 6.43. The van der Waals surface area contributed by atoms with Gasteiger partial charge in [0.25, 0.3) is 0 Å². The van der Waals surface area contributed by atoms with Crippen LogP contribution in [0.2, 0.25) is 0 Å². The summed E-state index contributed by atoms with van der Waals surface area (Å²) < 4.78 is 21.9. The number of imidazole rings is 1. The molecule has 1 heterocycles. The van der Waals surface area contributed by atoms with Crippen LogP contribution in [-0.2, 0) is 6.54 Å². The van der Waals surface area contributed by atoms with E-state index in [1.54, 1.807) is 30.1 Å². The Morgan fingerprint density at radius 3 is 2.63 bits per heavy atom. The summed E-state index contributed by atoms with van der Waals surface area (Å²) in [5.41, 5.74) is 1.32. The van der Waals surface area contributed by atoms with E-state index in [1.807, 2.05) is 43.3 Å². The summed E-state index contributed by atoms with van der Waals surface area (Å²) in [4.78, 5) is 8.34. The van der Waals surface area contributed by atoms with Gasteiger partial charge in [0.15, 0.2) is 5.96 Å². The first-order chi connectivity index (χ1) is 14.2. The summed E-state index contributed by atoms with van der Waals surface area (Å²) in [6.45, 7) is 3.66. The fourth-order valence-corrected chi connectivity index (χ4v) is 2.88. The average molecular weight is 523 g/mol. The highest BCUT2D eigenvalue weighted by Gasteiger charge is 2.08. The van der Waals surface area contributed by atoms with Crippen LogP contribution in [0.1, 0.15) is 17.8 Å². The van der Waals surface area contributed by atoms with Crippen LogP contribution in [0.3, 0.4) is 0 Å². The number of aromatic nitrogens is 2. The van der Waals surface area contributed by atoms with Crippen LogP contribution >= 0.6 is 24.0 Å². The third kappa shape index (κ3) is 6.72. The number of nitrogens with one attached hydrogen (secondary N) is 2. The fraction of sp³-hybridized carbons (Fsp3) is 0.273. The van der Waals surface area contributed by atoms with Gasteiger partial charge in [-0.15, -0.1) is 24.0 Å². The van der Waals surface area contributed by atoms with Gasteiger partial charge in [-0.25, -0.2) is 9.37 Å². The molecule has 0 aliphatic rings. The molecule has 0 fully saturated rings. The quantitative estimate of drug-likeness (QED) is 0.202. The van der Waals surface area contributed by atoms with Gasteiger partial charge in [0.1, 0.15) is 17.4 Å². The molecule has 0 unspecified atom stereocenters. The van der Waals surface area contributed by atoms with Crippen molar-refractivity contribution < 1.29 is 9.13 Å². The largest absolute Gasteiger partial charge is 0.494 e. The van der Waals surface area contributed by atoms with Gasteiger partial charge < -0.3 is 19.9 Å². The minimum atomic E-state index is -0.286. The zero-order valence-corrected chi connectivity index (χ0v) is 19.5. The van der Waals surface area contributed by atoms with Crippen LogP contribution in [0, 0.1) is 12.7 Å². The van der Waals surface area contributed by atoms with Crippen molar-refractivity contribution in [1.29, 1.82) is 0 Å². The summed E-state index contributed by atoms with van der Waals surface area (Å²) in [5.74, 6) is 1.99. The summed E-state index contributed by atoms with van der Waals surface area (Å²) >= 11 is 0. The summed E-state index contributed by atoms with van der Waals surface area (Å²) in [6.07, 6.45) is 4.24. The van der Waals surface area contributed by atoms with Crippen molar-refractivity contribution in [1.82, 2.24) is 20.2 Å². The van der Waals surface area contributed by atoms with E-state index in [0.717, 1.165) is 30.1 Å². The monoisotopic (exact) mass is 523 g/mol. The lowest BCUT2D eigenvalue weighted by atomic mass is 10.2. The van der Waals surface area contributed by atoms with Gasteiger partial charge in [-0.1, -0.05) is 24.3 Å². The minimum Gasteiger partial charge on any atom is -0.494 e. The number of para-hydroxylation sites is 1. The number of benzene rings is 2. The molecule has 0 aliphatic carbocycles. The first kappa shape index (κ1) is 23.7. The molecule has 0 saturated heterocycles. The van der Waals surface area contributed by atoms with E-state index < -0.39 is 0 Å². The zero-order chi connectivity index (χ0) is 20.5. The second-order valence-electron chi connectivity index (χ2n) is 6.50. The Kier molecular flexibility index (Phi) is 9.59. The van der Waals surface area contributed by atoms with Crippen LogP contribution in [0.25, 0.3) is 5.69 Å². The number of rotatable bonds is 8. The molecule has 0 radical (unpaired) electrons. The molecule has 0 spiro atoms. The molecule has 2 N–H and O–H groups in total. The molecule has 0 bridgehead atoms. The molecular weight excluding hydrogens is 496 g/mol. The smallest absolute Gasteiger partial charge is 0.191 e. The lowest BCUT2D eigenvalue weighted by molar-refractivity contribution is 0.311. The number of halogens is 2. The molecule has 160 valence electrons. The third-order valence-electron chi connectivity index (χ3n) is 4.41. The SMILES string of the molecule is CN=C(NCCCOc1ccccc1)NCc1ccc(-n2ccnc2C)c(F)c1.I. The first-order valence-electron chi connectivity index (χ1n) is 9.58. The number of hydrogen-bond donors (Lipinski definition) is 2. The Labute approximate surface area is 193 Å². The Bertz CT molecular complexity index is 946. The van der Waals surface area contributed by atoms with Crippen LogP contribution < -0.4 is 15.4 Å². The maximum atomic E-state index is 14.5. The molecule has 0 saturated carbocycles. The molecule has 3 aromatic rings. The number of aliphatic imine (C=N–C) groups is 1. The Morgan fingerprint density at radius 2 is 1.97 bits per heavy atom. The van der Waals surface area contributed by atoms with Gasteiger partial charge >= 0.3 is 0 Å². The minimum absolute atomic E-state index is 0. The fourth-order valence-electron chi connectivity index (χ4n) is 2.88. The third-order valence-corrected chi connectivity index (χ3v) is 4.41. The predicted octanol–water partition coefficient (Wildman–Crippen LogP) is 4.07. The van der Waals surface area contributed by atoms with Gasteiger partial charge in [-0.3, -0.25) is 4.99 Å². The summed E-state index contributed by atoms with van der Waals surface area (Å²) in [7, 11) is 1.71. The lowest BCUT2D eigenvalue weighted by Crippen LogP contribution is -2.37. The van der Waals surface area contributed by atoms with E-state index in [2.05, 4.69) is 20.6 Å². The van der Waals surface area contributed by atoms with Gasteiger partial charge in [0.2, 0.25) is 0 Å². The van der Waals surface area contributed by atoms with Crippen molar-refractivity contribution in [3.8, 4) is 11.4 Å². The normalized spacial score (nSPS) is 11.0. The van der Waals surface area contributed by atoms with E-state index in [1.165, 1.54) is 6.07 Å². The highest BCUT2D eigenvalue weighted by Crippen LogP contribution is 2.16. The molecule has 0 aliphatic heterocycles. The van der Waals surface area contributed by atoms with E-state index in [-0.39, 0.29) is 29.8 Å². The molecule has 6 nitrogen and oxygen atoms in total. The molecule has 0 atom stereocenters. The van der Waals surface area contributed by atoms with E-state index in [0.29, 0.717) is 24.8 Å². The lowest BCUT2D eigenvalue weighted by Gasteiger charge is -2.13. The van der Waals surface area contributed by atoms with E-state index in [9.17, 15) is 4.39 Å². The van der Waals surface area contributed by atoms with Crippen LogP contribution in [0.5, 0.6) is 5.75 Å².